The van der Waals surface area contributed by atoms with E-state index in [2.05, 4.69) is 40.8 Å². The maximum absolute atomic E-state index is 5.48. The highest BCUT2D eigenvalue weighted by Gasteiger charge is 2.29. The lowest BCUT2D eigenvalue weighted by Gasteiger charge is -2.31. The summed E-state index contributed by atoms with van der Waals surface area (Å²) >= 11 is 3.49. The van der Waals surface area contributed by atoms with Crippen LogP contribution in [-0.4, -0.2) is 32.7 Å². The maximum atomic E-state index is 5.48. The molecule has 1 aliphatic heterocycles. The summed E-state index contributed by atoms with van der Waals surface area (Å²) in [6.45, 7) is 1.61. The first-order valence-electron chi connectivity index (χ1n) is 7.02. The summed E-state index contributed by atoms with van der Waals surface area (Å²) in [4.78, 5) is 12.8. The van der Waals surface area contributed by atoms with Crippen LogP contribution in [0.2, 0.25) is 0 Å². The van der Waals surface area contributed by atoms with Crippen LogP contribution in [0.5, 0.6) is 0 Å². The quantitative estimate of drug-likeness (QED) is 0.916. The van der Waals surface area contributed by atoms with Gasteiger partial charge in [-0.1, -0.05) is 0 Å². The summed E-state index contributed by atoms with van der Waals surface area (Å²) in [5.74, 6) is 2.29. The molecule has 1 N–H and O–H groups in total. The first kappa shape index (κ1) is 14.5. The zero-order chi connectivity index (χ0) is 14.7. The van der Waals surface area contributed by atoms with E-state index in [9.17, 15) is 0 Å². The number of halogens is 1. The Morgan fingerprint density at radius 1 is 1.38 bits per heavy atom. The smallest absolute Gasteiger partial charge is 0.144 e. The van der Waals surface area contributed by atoms with Gasteiger partial charge in [0.05, 0.1) is 10.5 Å². The molecule has 21 heavy (non-hydrogen) atoms. The molecule has 0 spiro atoms. The van der Waals surface area contributed by atoms with Gasteiger partial charge in [-0.3, -0.25) is 0 Å². The molecule has 1 aliphatic rings. The lowest BCUT2D eigenvalue weighted by molar-refractivity contribution is 0.0594. The molecule has 2 aromatic heterocycles. The summed E-state index contributed by atoms with van der Waals surface area (Å²) in [6.07, 6.45) is 9.14. The Bertz CT molecular complexity index is 597. The SMILES string of the molecule is Cn1ccnc1[C@H](Nc1ncncc1Br)C1CCOCC1. The second kappa shape index (κ2) is 6.53. The van der Waals surface area contributed by atoms with E-state index < -0.39 is 0 Å². The molecule has 0 radical (unpaired) electrons. The van der Waals surface area contributed by atoms with Crippen molar-refractivity contribution in [1.82, 2.24) is 19.5 Å². The summed E-state index contributed by atoms with van der Waals surface area (Å²) in [6, 6.07) is 0.111. The maximum Gasteiger partial charge on any atom is 0.144 e. The highest BCUT2D eigenvalue weighted by atomic mass is 79.9. The molecule has 1 fully saturated rings. The molecular formula is C14H18BrN5O. The average molecular weight is 352 g/mol. The molecule has 2 aromatic rings. The Morgan fingerprint density at radius 2 is 2.19 bits per heavy atom. The molecule has 3 heterocycles. The molecule has 0 unspecified atom stereocenters. The Morgan fingerprint density at radius 3 is 2.86 bits per heavy atom. The lowest BCUT2D eigenvalue weighted by Crippen LogP contribution is -2.29. The predicted octanol–water partition coefficient (Wildman–Crippen LogP) is 2.55. The fourth-order valence-electron chi connectivity index (χ4n) is 2.69. The van der Waals surface area contributed by atoms with Gasteiger partial charge in [0.15, 0.2) is 0 Å². The van der Waals surface area contributed by atoms with Crippen molar-refractivity contribution in [2.24, 2.45) is 13.0 Å². The van der Waals surface area contributed by atoms with Crippen LogP contribution in [0.3, 0.4) is 0 Å². The number of aryl methyl sites for hydroxylation is 1. The number of hydrogen-bond donors (Lipinski definition) is 1. The molecule has 0 aliphatic carbocycles. The number of nitrogens with one attached hydrogen (secondary N) is 1. The van der Waals surface area contributed by atoms with Crippen molar-refractivity contribution in [1.29, 1.82) is 0 Å². The van der Waals surface area contributed by atoms with Gasteiger partial charge in [0, 0.05) is 38.9 Å². The number of aromatic nitrogens is 4. The summed E-state index contributed by atoms with van der Waals surface area (Å²) < 4.78 is 8.40. The fourth-order valence-corrected chi connectivity index (χ4v) is 3.02. The molecule has 1 saturated heterocycles. The number of nitrogens with zero attached hydrogens (tertiary/aromatic N) is 4. The molecule has 6 nitrogen and oxygen atoms in total. The van der Waals surface area contributed by atoms with E-state index in [0.717, 1.165) is 42.2 Å². The van der Waals surface area contributed by atoms with Crippen LogP contribution in [0.15, 0.2) is 29.4 Å². The number of rotatable bonds is 4. The Kier molecular flexibility index (Phi) is 4.50. The number of anilines is 1. The van der Waals surface area contributed by atoms with E-state index in [4.69, 9.17) is 4.74 Å². The predicted molar refractivity (Wildman–Crippen MR) is 82.8 cm³/mol. The molecular weight excluding hydrogens is 334 g/mol. The molecule has 3 rings (SSSR count). The van der Waals surface area contributed by atoms with Gasteiger partial charge in [0.2, 0.25) is 0 Å². The van der Waals surface area contributed by atoms with Crippen molar-refractivity contribution < 1.29 is 4.74 Å². The summed E-state index contributed by atoms with van der Waals surface area (Å²) in [7, 11) is 2.02. The highest BCUT2D eigenvalue weighted by Crippen LogP contribution is 2.33. The molecule has 0 saturated carbocycles. The Labute approximate surface area is 132 Å². The van der Waals surface area contributed by atoms with E-state index in [1.807, 2.05) is 19.4 Å². The van der Waals surface area contributed by atoms with Gasteiger partial charge >= 0.3 is 0 Å². The van der Waals surface area contributed by atoms with Gasteiger partial charge in [-0.15, -0.1) is 0 Å². The molecule has 0 bridgehead atoms. The minimum atomic E-state index is 0.111. The van der Waals surface area contributed by atoms with Crippen molar-refractivity contribution in [3.05, 3.63) is 35.2 Å². The third-order valence-corrected chi connectivity index (χ3v) is 4.41. The minimum Gasteiger partial charge on any atom is -0.381 e. The second-order valence-corrected chi connectivity index (χ2v) is 6.04. The highest BCUT2D eigenvalue weighted by molar-refractivity contribution is 9.10. The van der Waals surface area contributed by atoms with E-state index in [0.29, 0.717) is 5.92 Å². The Balaban J connectivity index is 1.89. The lowest BCUT2D eigenvalue weighted by atomic mass is 9.91. The zero-order valence-corrected chi connectivity index (χ0v) is 13.5. The fraction of sp³-hybridized carbons (Fsp3) is 0.500. The average Bonchev–Trinajstić information content (AvgIpc) is 2.93. The van der Waals surface area contributed by atoms with Crippen molar-refractivity contribution in [2.45, 2.75) is 18.9 Å². The number of ether oxygens (including phenoxy) is 1. The van der Waals surface area contributed by atoms with Gasteiger partial charge in [0.25, 0.3) is 0 Å². The van der Waals surface area contributed by atoms with Crippen LogP contribution in [-0.2, 0) is 11.8 Å². The van der Waals surface area contributed by atoms with E-state index >= 15 is 0 Å². The second-order valence-electron chi connectivity index (χ2n) is 5.19. The first-order chi connectivity index (χ1) is 10.3. The van der Waals surface area contributed by atoms with Crippen LogP contribution in [0, 0.1) is 5.92 Å². The van der Waals surface area contributed by atoms with Gasteiger partial charge in [-0.05, 0) is 34.7 Å². The van der Waals surface area contributed by atoms with E-state index in [1.165, 1.54) is 0 Å². The number of imidazole rings is 1. The van der Waals surface area contributed by atoms with E-state index in [-0.39, 0.29) is 6.04 Å². The monoisotopic (exact) mass is 351 g/mol. The molecule has 0 amide bonds. The van der Waals surface area contributed by atoms with Gasteiger partial charge < -0.3 is 14.6 Å². The largest absolute Gasteiger partial charge is 0.381 e. The van der Waals surface area contributed by atoms with Crippen LogP contribution in [0.1, 0.15) is 24.7 Å². The molecule has 0 aromatic carbocycles. The topological polar surface area (TPSA) is 64.9 Å². The van der Waals surface area contributed by atoms with E-state index in [1.54, 1.807) is 12.5 Å². The van der Waals surface area contributed by atoms with Crippen LogP contribution in [0.4, 0.5) is 5.82 Å². The van der Waals surface area contributed by atoms with Crippen molar-refractivity contribution in [3.63, 3.8) is 0 Å². The zero-order valence-electron chi connectivity index (χ0n) is 11.9. The van der Waals surface area contributed by atoms with Crippen LogP contribution >= 0.6 is 15.9 Å². The first-order valence-corrected chi connectivity index (χ1v) is 7.82. The number of hydrogen-bond acceptors (Lipinski definition) is 5. The Hall–Kier alpha value is -1.47. The van der Waals surface area contributed by atoms with Crippen LogP contribution < -0.4 is 5.32 Å². The van der Waals surface area contributed by atoms with Gasteiger partial charge in [-0.2, -0.15) is 0 Å². The third-order valence-electron chi connectivity index (χ3n) is 3.83. The van der Waals surface area contributed by atoms with Crippen molar-refractivity contribution in [3.8, 4) is 0 Å². The van der Waals surface area contributed by atoms with Gasteiger partial charge in [-0.25, -0.2) is 15.0 Å². The molecule has 1 atom stereocenters. The molecule has 7 heteroatoms. The summed E-state index contributed by atoms with van der Waals surface area (Å²) in [5.41, 5.74) is 0. The minimum absolute atomic E-state index is 0.111. The van der Waals surface area contributed by atoms with Crippen molar-refractivity contribution in [2.75, 3.05) is 18.5 Å². The van der Waals surface area contributed by atoms with Gasteiger partial charge in [0.1, 0.15) is 18.0 Å². The normalized spacial score (nSPS) is 17.6. The van der Waals surface area contributed by atoms with Crippen LogP contribution in [0.25, 0.3) is 0 Å². The van der Waals surface area contributed by atoms with Crippen molar-refractivity contribution >= 4 is 21.7 Å². The third kappa shape index (κ3) is 3.24. The standard InChI is InChI=1S/C14H18BrN5O/c1-20-5-4-17-14(20)12(10-2-6-21-7-3-10)19-13-11(15)8-16-9-18-13/h4-5,8-10,12H,2-3,6-7H2,1H3,(H,16,18,19)/t12-/m1/s1. The summed E-state index contributed by atoms with van der Waals surface area (Å²) in [5, 5.41) is 3.52. The molecule has 112 valence electrons.